The van der Waals surface area contributed by atoms with E-state index in [-0.39, 0.29) is 5.97 Å². The fourth-order valence-corrected chi connectivity index (χ4v) is 1.48. The van der Waals surface area contributed by atoms with Crippen molar-refractivity contribution in [3.05, 3.63) is 42.0 Å². The molecule has 1 unspecified atom stereocenters. The molecule has 0 fully saturated rings. The highest BCUT2D eigenvalue weighted by Crippen LogP contribution is 2.17. The van der Waals surface area contributed by atoms with Crippen LogP contribution in [0.4, 0.5) is 5.69 Å². The van der Waals surface area contributed by atoms with Crippen molar-refractivity contribution in [2.24, 2.45) is 0 Å². The Bertz CT molecular complexity index is 399. The Morgan fingerprint density at radius 1 is 1.50 bits per heavy atom. The van der Waals surface area contributed by atoms with Gasteiger partial charge in [0.25, 0.3) is 0 Å². The monoisotopic (exact) mass is 219 g/mol. The molecule has 1 atom stereocenters. The third-order valence-electron chi connectivity index (χ3n) is 2.38. The molecule has 16 heavy (non-hydrogen) atoms. The lowest BCUT2D eigenvalue weighted by molar-refractivity contribution is -0.140. The molecule has 0 bridgehead atoms. The second-order valence-corrected chi connectivity index (χ2v) is 3.70. The van der Waals surface area contributed by atoms with E-state index in [9.17, 15) is 4.79 Å². The maximum Gasteiger partial charge on any atom is 0.332 e. The standard InChI is InChI=1S/C13H17NO2/c1-5-11(13(15)16-4)14-12-7-6-9(2)8-10(12)3/h5-8,11,14H,1H2,2-4H3. The van der Waals surface area contributed by atoms with Gasteiger partial charge in [0.05, 0.1) is 7.11 Å². The lowest BCUT2D eigenvalue weighted by atomic mass is 10.1. The SMILES string of the molecule is C=CC(Nc1ccc(C)cc1C)C(=O)OC. The number of methoxy groups -OCH3 is 1. The van der Waals surface area contributed by atoms with Crippen LogP contribution in [0.2, 0.25) is 0 Å². The number of benzene rings is 1. The third-order valence-corrected chi connectivity index (χ3v) is 2.38. The summed E-state index contributed by atoms with van der Waals surface area (Å²) in [6.07, 6.45) is 1.53. The van der Waals surface area contributed by atoms with E-state index in [0.29, 0.717) is 0 Å². The molecule has 1 aromatic rings. The summed E-state index contributed by atoms with van der Waals surface area (Å²) in [4.78, 5) is 11.4. The Labute approximate surface area is 96.1 Å². The number of aryl methyl sites for hydroxylation is 2. The predicted molar refractivity (Wildman–Crippen MR) is 65.5 cm³/mol. The molecule has 0 saturated carbocycles. The molecule has 86 valence electrons. The van der Waals surface area contributed by atoms with Crippen LogP contribution < -0.4 is 5.32 Å². The van der Waals surface area contributed by atoms with Crippen LogP contribution in [0.3, 0.4) is 0 Å². The van der Waals surface area contributed by atoms with Crippen molar-refractivity contribution < 1.29 is 9.53 Å². The van der Waals surface area contributed by atoms with E-state index in [1.807, 2.05) is 26.0 Å². The van der Waals surface area contributed by atoms with Crippen LogP contribution in [0.5, 0.6) is 0 Å². The summed E-state index contributed by atoms with van der Waals surface area (Å²) in [5.41, 5.74) is 3.20. The Morgan fingerprint density at radius 2 is 2.19 bits per heavy atom. The number of carbonyl (C=O) groups excluding carboxylic acids is 1. The van der Waals surface area contributed by atoms with Gasteiger partial charge in [-0.25, -0.2) is 4.79 Å². The van der Waals surface area contributed by atoms with Crippen LogP contribution in [-0.2, 0) is 9.53 Å². The van der Waals surface area contributed by atoms with Crippen molar-refractivity contribution in [3.63, 3.8) is 0 Å². The Hall–Kier alpha value is -1.77. The smallest absolute Gasteiger partial charge is 0.332 e. The van der Waals surface area contributed by atoms with E-state index >= 15 is 0 Å². The largest absolute Gasteiger partial charge is 0.467 e. The lowest BCUT2D eigenvalue weighted by Crippen LogP contribution is -2.28. The molecule has 1 rings (SSSR count). The second kappa shape index (κ2) is 5.35. The molecule has 0 radical (unpaired) electrons. The van der Waals surface area contributed by atoms with Crippen LogP contribution in [0, 0.1) is 13.8 Å². The average Bonchev–Trinajstić information content (AvgIpc) is 2.27. The van der Waals surface area contributed by atoms with Crippen molar-refractivity contribution in [1.82, 2.24) is 0 Å². The van der Waals surface area contributed by atoms with E-state index in [2.05, 4.69) is 22.7 Å². The summed E-state index contributed by atoms with van der Waals surface area (Å²) >= 11 is 0. The van der Waals surface area contributed by atoms with Gasteiger partial charge >= 0.3 is 5.97 Å². The summed E-state index contributed by atoms with van der Waals surface area (Å²) < 4.78 is 4.67. The maximum absolute atomic E-state index is 11.4. The molecule has 0 aromatic heterocycles. The molecule has 3 heteroatoms. The minimum Gasteiger partial charge on any atom is -0.467 e. The number of nitrogens with one attached hydrogen (secondary N) is 1. The third kappa shape index (κ3) is 2.86. The predicted octanol–water partition coefficient (Wildman–Crippen LogP) is 2.44. The summed E-state index contributed by atoms with van der Waals surface area (Å²) in [6.45, 7) is 7.63. The molecule has 3 nitrogen and oxygen atoms in total. The number of hydrogen-bond acceptors (Lipinski definition) is 3. The normalized spacial score (nSPS) is 11.7. The van der Waals surface area contributed by atoms with Gasteiger partial charge in [0, 0.05) is 5.69 Å². The second-order valence-electron chi connectivity index (χ2n) is 3.70. The van der Waals surface area contributed by atoms with Gasteiger partial charge in [-0.05, 0) is 25.5 Å². The number of rotatable bonds is 4. The van der Waals surface area contributed by atoms with Crippen LogP contribution >= 0.6 is 0 Å². The first-order valence-electron chi connectivity index (χ1n) is 5.12. The Morgan fingerprint density at radius 3 is 2.69 bits per heavy atom. The molecule has 0 aliphatic rings. The van der Waals surface area contributed by atoms with Crippen molar-refractivity contribution in [2.75, 3.05) is 12.4 Å². The van der Waals surface area contributed by atoms with Crippen LogP contribution in [0.15, 0.2) is 30.9 Å². The number of esters is 1. The zero-order valence-electron chi connectivity index (χ0n) is 9.91. The van der Waals surface area contributed by atoms with Crippen molar-refractivity contribution in [1.29, 1.82) is 0 Å². The van der Waals surface area contributed by atoms with Gasteiger partial charge in [0.1, 0.15) is 6.04 Å². The molecule has 0 heterocycles. The van der Waals surface area contributed by atoms with Gasteiger partial charge in [-0.1, -0.05) is 23.8 Å². The lowest BCUT2D eigenvalue weighted by Gasteiger charge is -2.15. The van der Waals surface area contributed by atoms with Gasteiger partial charge in [-0.15, -0.1) is 6.58 Å². The van der Waals surface area contributed by atoms with Gasteiger partial charge in [-0.2, -0.15) is 0 Å². The zero-order chi connectivity index (χ0) is 12.1. The number of carbonyl (C=O) groups is 1. The highest BCUT2D eigenvalue weighted by molar-refractivity contribution is 5.81. The quantitative estimate of drug-likeness (QED) is 0.624. The molecular formula is C13H17NO2. The van der Waals surface area contributed by atoms with Crippen molar-refractivity contribution in [3.8, 4) is 0 Å². The first-order valence-corrected chi connectivity index (χ1v) is 5.12. The van der Waals surface area contributed by atoms with Gasteiger partial charge in [0.15, 0.2) is 0 Å². The van der Waals surface area contributed by atoms with Gasteiger partial charge in [0.2, 0.25) is 0 Å². The first-order chi connectivity index (χ1) is 7.58. The fourth-order valence-electron chi connectivity index (χ4n) is 1.48. The topological polar surface area (TPSA) is 38.3 Å². The molecule has 0 amide bonds. The van der Waals surface area contributed by atoms with E-state index in [1.165, 1.54) is 18.7 Å². The minimum atomic E-state index is -0.508. The Kier molecular flexibility index (Phi) is 4.11. The first kappa shape index (κ1) is 12.3. The minimum absolute atomic E-state index is 0.338. The van der Waals surface area contributed by atoms with Gasteiger partial charge < -0.3 is 10.1 Å². The number of ether oxygens (including phenoxy) is 1. The summed E-state index contributed by atoms with van der Waals surface area (Å²) in [5, 5.41) is 3.08. The summed E-state index contributed by atoms with van der Waals surface area (Å²) in [5.74, 6) is -0.338. The van der Waals surface area contributed by atoms with Crippen LogP contribution in [-0.4, -0.2) is 19.1 Å². The summed E-state index contributed by atoms with van der Waals surface area (Å²) in [6, 6.07) is 5.49. The highest BCUT2D eigenvalue weighted by atomic mass is 16.5. The van der Waals surface area contributed by atoms with Gasteiger partial charge in [-0.3, -0.25) is 0 Å². The zero-order valence-corrected chi connectivity index (χ0v) is 9.91. The number of anilines is 1. The van der Waals surface area contributed by atoms with Crippen molar-refractivity contribution >= 4 is 11.7 Å². The average molecular weight is 219 g/mol. The van der Waals surface area contributed by atoms with E-state index in [1.54, 1.807) is 0 Å². The Balaban J connectivity index is 2.86. The maximum atomic E-state index is 11.4. The molecule has 0 aliphatic carbocycles. The number of hydrogen-bond donors (Lipinski definition) is 1. The van der Waals surface area contributed by atoms with Crippen LogP contribution in [0.25, 0.3) is 0 Å². The van der Waals surface area contributed by atoms with E-state index < -0.39 is 6.04 Å². The van der Waals surface area contributed by atoms with Crippen LogP contribution in [0.1, 0.15) is 11.1 Å². The molecule has 1 aromatic carbocycles. The molecular weight excluding hydrogens is 202 g/mol. The molecule has 0 spiro atoms. The summed E-state index contributed by atoms with van der Waals surface area (Å²) in [7, 11) is 1.36. The molecule has 0 saturated heterocycles. The fraction of sp³-hybridized carbons (Fsp3) is 0.308. The molecule has 0 aliphatic heterocycles. The van der Waals surface area contributed by atoms with Crippen molar-refractivity contribution in [2.45, 2.75) is 19.9 Å². The van der Waals surface area contributed by atoms with E-state index in [0.717, 1.165) is 11.3 Å². The highest BCUT2D eigenvalue weighted by Gasteiger charge is 2.15. The molecule has 1 N–H and O–H groups in total. The van der Waals surface area contributed by atoms with E-state index in [4.69, 9.17) is 0 Å².